The molecule has 6 aromatic carbocycles. The zero-order valence-corrected chi connectivity index (χ0v) is 39.3. The maximum atomic E-state index is 11.1. The Bertz CT molecular complexity index is 2960. The quantitative estimate of drug-likeness (QED) is 0.0748. The molecule has 66 heavy (non-hydrogen) atoms. The minimum atomic E-state index is -2.00. The molecule has 330 valence electrons. The minimum absolute atomic E-state index is 0.115. The summed E-state index contributed by atoms with van der Waals surface area (Å²) < 4.78 is 14.7. The van der Waals surface area contributed by atoms with Crippen LogP contribution in [0.4, 0.5) is 0 Å². The molecule has 0 spiro atoms. The first-order valence-corrected chi connectivity index (χ1v) is 25.7. The number of ether oxygens (including phenoxy) is 2. The summed E-state index contributed by atoms with van der Waals surface area (Å²) in [6.45, 7) is 10.8. The van der Waals surface area contributed by atoms with E-state index >= 15 is 0 Å². The lowest BCUT2D eigenvalue weighted by Gasteiger charge is -2.52. The number of phenols is 1. The van der Waals surface area contributed by atoms with Crippen molar-refractivity contribution in [3.05, 3.63) is 193 Å². The van der Waals surface area contributed by atoms with Crippen LogP contribution in [0.15, 0.2) is 177 Å². The molecule has 11 rings (SSSR count). The van der Waals surface area contributed by atoms with Crippen molar-refractivity contribution in [3.8, 4) is 62.1 Å². The van der Waals surface area contributed by atoms with Crippen LogP contribution >= 0.6 is 18.9 Å². The van der Waals surface area contributed by atoms with E-state index in [0.717, 1.165) is 86.9 Å². The van der Waals surface area contributed by atoms with Crippen LogP contribution in [-0.4, -0.2) is 43.6 Å². The average molecular weight is 908 g/mol. The minimum Gasteiger partial charge on any atom is -0.508 e. The molecule has 5 heterocycles. The number of phenolic OH excluding ortho intramolecular Hbond substituents is 1. The molecule has 1 N–H and O–H groups in total. The Morgan fingerprint density at radius 3 is 1.98 bits per heavy atom. The SMILES string of the molecule is C=CC1C[P+]2(Cc3cc(-c4ccccc4)c(OC(C)(C)C)c(-c4ccccc4)c3)CCC1CC2C(Oc1nc(-c2ccccc2)nc(Cl)c1-c1ccccc1)c1ccnc2ccc(O)cc12. The summed E-state index contributed by atoms with van der Waals surface area (Å²) in [6.07, 6.45) is 8.81. The zero-order valence-electron chi connectivity index (χ0n) is 37.6. The smallest absolute Gasteiger partial charge is 0.227 e. The summed E-state index contributed by atoms with van der Waals surface area (Å²) in [5.74, 6) is 2.83. The lowest BCUT2D eigenvalue weighted by molar-refractivity contribution is 0.132. The van der Waals surface area contributed by atoms with Crippen LogP contribution in [-0.2, 0) is 6.16 Å². The monoisotopic (exact) mass is 906 g/mol. The van der Waals surface area contributed by atoms with Crippen LogP contribution in [0.3, 0.4) is 0 Å². The number of benzene rings is 6. The first-order valence-electron chi connectivity index (χ1n) is 22.9. The molecule has 6 nitrogen and oxygen atoms in total. The molecule has 8 heteroatoms. The van der Waals surface area contributed by atoms with Gasteiger partial charge < -0.3 is 14.6 Å². The Kier molecular flexibility index (Phi) is 12.0. The van der Waals surface area contributed by atoms with Crippen molar-refractivity contribution in [1.29, 1.82) is 0 Å². The third-order valence-electron chi connectivity index (χ3n) is 13.5. The van der Waals surface area contributed by atoms with Gasteiger partial charge in [0.05, 0.1) is 29.6 Å². The second-order valence-electron chi connectivity index (χ2n) is 18.9. The van der Waals surface area contributed by atoms with Crippen molar-refractivity contribution in [2.45, 2.75) is 57.1 Å². The first kappa shape index (κ1) is 43.6. The van der Waals surface area contributed by atoms with E-state index in [0.29, 0.717) is 34.3 Å². The van der Waals surface area contributed by atoms with Crippen LogP contribution in [0.2, 0.25) is 5.15 Å². The Morgan fingerprint density at radius 1 is 0.773 bits per heavy atom. The number of hydrogen-bond donors (Lipinski definition) is 1. The average Bonchev–Trinajstić information content (AvgIpc) is 3.34. The van der Waals surface area contributed by atoms with Crippen LogP contribution in [0.1, 0.15) is 50.8 Å². The lowest BCUT2D eigenvalue weighted by Crippen LogP contribution is -2.45. The predicted molar refractivity (Wildman–Crippen MR) is 273 cm³/mol. The molecule has 8 aromatic rings. The summed E-state index contributed by atoms with van der Waals surface area (Å²) in [5.41, 5.74) is 9.50. The number of pyridine rings is 1. The number of aromatic hydroxyl groups is 1. The van der Waals surface area contributed by atoms with Crippen LogP contribution in [0.5, 0.6) is 17.4 Å². The number of nitrogens with zero attached hydrogens (tertiary/aromatic N) is 3. The van der Waals surface area contributed by atoms with E-state index in [2.05, 4.69) is 112 Å². The van der Waals surface area contributed by atoms with Crippen molar-refractivity contribution in [2.24, 2.45) is 11.8 Å². The lowest BCUT2D eigenvalue weighted by atomic mass is 9.83. The van der Waals surface area contributed by atoms with Gasteiger partial charge in [0.15, 0.2) is 11.9 Å². The van der Waals surface area contributed by atoms with Gasteiger partial charge in [-0.1, -0.05) is 139 Å². The first-order chi connectivity index (χ1) is 32.1. The van der Waals surface area contributed by atoms with E-state index in [9.17, 15) is 5.11 Å². The standard InChI is InChI=1S/C58H53ClN3O3P/c1-5-39-37-66(36-38-32-47(40-18-10-6-11-19-40)53(65-58(2,3)4)48(33-38)41-20-12-7-13-21-41)31-29-44(39)34-51(66)54(46-28-30-60-50-27-26-45(63)35-49(46)50)64-57-52(42-22-14-8-15-23-42)55(59)61-56(62-57)43-24-16-9-17-25-43/h5-28,30,32-33,35,39,44,51,54H,1,29,31,34,36-37H2,2-4H3/p+1. The molecule has 0 aliphatic carbocycles. The second-order valence-corrected chi connectivity index (χ2v) is 23.5. The highest BCUT2D eigenvalue weighted by molar-refractivity contribution is 7.76. The van der Waals surface area contributed by atoms with Crippen molar-refractivity contribution < 1.29 is 14.6 Å². The fraction of sp³-hybridized carbons (Fsp3) is 0.224. The summed E-state index contributed by atoms with van der Waals surface area (Å²) in [6, 6.07) is 53.6. The molecule has 5 atom stereocenters. The fourth-order valence-corrected chi connectivity index (χ4v) is 16.7. The number of fused-ring (bicyclic) bond motifs is 4. The molecule has 2 bridgehead atoms. The number of halogens is 1. The van der Waals surface area contributed by atoms with Crippen molar-refractivity contribution in [2.75, 3.05) is 12.3 Å². The van der Waals surface area contributed by atoms with Gasteiger partial charge in [-0.2, -0.15) is 4.98 Å². The molecule has 5 unspecified atom stereocenters. The number of allylic oxidation sites excluding steroid dienone is 1. The predicted octanol–water partition coefficient (Wildman–Crippen LogP) is 15.2. The van der Waals surface area contributed by atoms with Gasteiger partial charge in [0.1, 0.15) is 27.9 Å². The maximum Gasteiger partial charge on any atom is 0.227 e. The van der Waals surface area contributed by atoms with Crippen molar-refractivity contribution in [3.63, 3.8) is 0 Å². The van der Waals surface area contributed by atoms with Gasteiger partial charge >= 0.3 is 0 Å². The number of aromatic nitrogens is 3. The molecule has 0 radical (unpaired) electrons. The van der Waals surface area contributed by atoms with E-state index in [1.54, 1.807) is 6.07 Å². The molecule has 3 saturated heterocycles. The van der Waals surface area contributed by atoms with Crippen molar-refractivity contribution >= 4 is 29.8 Å². The largest absolute Gasteiger partial charge is 0.508 e. The second kappa shape index (κ2) is 18.2. The Balaban J connectivity index is 1.19. The molecule has 3 aliphatic rings. The number of hydrogen-bond acceptors (Lipinski definition) is 6. The highest BCUT2D eigenvalue weighted by atomic mass is 35.5. The van der Waals surface area contributed by atoms with Crippen LogP contribution in [0, 0.1) is 11.8 Å². The van der Waals surface area contributed by atoms with E-state index in [-0.39, 0.29) is 11.4 Å². The molecule has 3 aliphatic heterocycles. The number of rotatable bonds is 12. The van der Waals surface area contributed by atoms with Gasteiger partial charge in [-0.3, -0.25) is 4.98 Å². The third kappa shape index (κ3) is 8.73. The van der Waals surface area contributed by atoms with Gasteiger partial charge in [-0.05, 0) is 98.2 Å². The van der Waals surface area contributed by atoms with E-state index in [4.69, 9.17) is 36.0 Å². The summed E-state index contributed by atoms with van der Waals surface area (Å²) in [7, 11) is -2.00. The van der Waals surface area contributed by atoms with E-state index in [1.165, 1.54) is 5.56 Å². The fourth-order valence-electron chi connectivity index (χ4n) is 10.5. The van der Waals surface area contributed by atoms with E-state index < -0.39 is 19.0 Å². The molecule has 3 fully saturated rings. The molecular weight excluding hydrogens is 853 g/mol. The summed E-state index contributed by atoms with van der Waals surface area (Å²) in [4.78, 5) is 14.9. The van der Waals surface area contributed by atoms with Crippen LogP contribution in [0.25, 0.3) is 55.7 Å². The van der Waals surface area contributed by atoms with E-state index in [1.807, 2.05) is 79.0 Å². The highest BCUT2D eigenvalue weighted by Gasteiger charge is 2.60. The van der Waals surface area contributed by atoms with Crippen molar-refractivity contribution in [1.82, 2.24) is 15.0 Å². The van der Waals surface area contributed by atoms with Gasteiger partial charge in [0, 0.05) is 47.0 Å². The summed E-state index contributed by atoms with van der Waals surface area (Å²) in [5, 5.41) is 12.2. The maximum absolute atomic E-state index is 11.1. The molecule has 0 saturated carbocycles. The summed E-state index contributed by atoms with van der Waals surface area (Å²) >= 11 is 7.28. The van der Waals surface area contributed by atoms with Gasteiger partial charge in [0.2, 0.25) is 5.88 Å². The topological polar surface area (TPSA) is 77.4 Å². The van der Waals surface area contributed by atoms with Gasteiger partial charge in [-0.25, -0.2) is 4.98 Å². The normalized spacial score (nSPS) is 19.6. The zero-order chi connectivity index (χ0) is 45.4. The van der Waals surface area contributed by atoms with Gasteiger partial charge in [0.25, 0.3) is 0 Å². The molecular formula is C58H54ClN3O3P+. The van der Waals surface area contributed by atoms with Crippen LogP contribution < -0.4 is 9.47 Å². The Hall–Kier alpha value is -6.33. The Morgan fingerprint density at radius 2 is 1.38 bits per heavy atom. The molecule has 0 amide bonds. The highest BCUT2D eigenvalue weighted by Crippen LogP contribution is 2.77. The Labute approximate surface area is 393 Å². The molecule has 2 aromatic heterocycles. The van der Waals surface area contributed by atoms with Gasteiger partial charge in [-0.15, -0.1) is 6.58 Å². The third-order valence-corrected chi connectivity index (χ3v) is 18.9.